The molecule has 19 nitrogen and oxygen atoms in total. The molecule has 19 atom stereocenters. The van der Waals surface area contributed by atoms with Gasteiger partial charge in [0.1, 0.15) is 48.2 Å². The number of methoxy groups -OCH3 is 2. The van der Waals surface area contributed by atoms with Crippen LogP contribution >= 0.6 is 0 Å². The molecule has 0 radical (unpaired) electrons. The summed E-state index contributed by atoms with van der Waals surface area (Å²) in [5, 5.41) is 19.6. The fraction of sp³-hybridized carbons (Fsp3) is 0.701. The number of ether oxygens (including phenoxy) is 9. The number of carbonyl (C=O) groups is 7. The average molecular weight is 1330 g/mol. The number of alkyl carbamates (subject to hydrolysis) is 1. The van der Waals surface area contributed by atoms with Gasteiger partial charge in [-0.1, -0.05) is 128 Å². The fourth-order valence-electron chi connectivity index (χ4n) is 19.7. The number of hydrogen-bond donors (Lipinski definition) is 3. The van der Waals surface area contributed by atoms with Crippen molar-refractivity contribution in [2.24, 2.45) is 63.1 Å². The maximum absolute atomic E-state index is 16.0. The summed E-state index contributed by atoms with van der Waals surface area (Å²) in [6.07, 6.45) is 5.58. The van der Waals surface area contributed by atoms with E-state index in [0.29, 0.717) is 22.8 Å². The van der Waals surface area contributed by atoms with E-state index in [1.54, 1.807) is 97.0 Å². The normalized spacial score (nSPS) is 35.2. The minimum atomic E-state index is -2.34. The molecule has 4 unspecified atom stereocenters. The van der Waals surface area contributed by atoms with E-state index >= 15 is 9.59 Å². The quantitative estimate of drug-likeness (QED) is 0.0563. The van der Waals surface area contributed by atoms with Gasteiger partial charge in [0.15, 0.2) is 11.4 Å². The lowest BCUT2D eigenvalue weighted by atomic mass is 9.44. The predicted octanol–water partition coefficient (Wildman–Crippen LogP) is 12.1. The first-order chi connectivity index (χ1) is 45.3. The molecule has 96 heavy (non-hydrogen) atoms. The van der Waals surface area contributed by atoms with Gasteiger partial charge < -0.3 is 58.4 Å². The zero-order chi connectivity index (χ0) is 69.7. The first-order valence-electron chi connectivity index (χ1n) is 35.4. The molecule has 1 aliphatic heterocycles. The molecular formula is C77H108N2O17. The number of rotatable bonds is 22. The highest BCUT2D eigenvalue weighted by Crippen LogP contribution is 2.69. The van der Waals surface area contributed by atoms with Gasteiger partial charge in [0, 0.05) is 45.8 Å². The summed E-state index contributed by atoms with van der Waals surface area (Å²) in [6, 6.07) is 14.9. The molecule has 1 heterocycles. The van der Waals surface area contributed by atoms with Gasteiger partial charge in [0.25, 0.3) is 0 Å². The summed E-state index contributed by atoms with van der Waals surface area (Å²) in [5.74, 6) is -1.85. The fourth-order valence-corrected chi connectivity index (χ4v) is 19.7. The third kappa shape index (κ3) is 13.6. The van der Waals surface area contributed by atoms with Crippen molar-refractivity contribution in [1.82, 2.24) is 10.6 Å². The van der Waals surface area contributed by atoms with Gasteiger partial charge in [-0.25, -0.2) is 14.4 Å². The molecule has 0 aromatic heterocycles. The van der Waals surface area contributed by atoms with Crippen LogP contribution in [0.1, 0.15) is 202 Å². The number of aliphatic hydroxyl groups is 1. The molecule has 2 aromatic rings. The maximum atomic E-state index is 16.0. The monoisotopic (exact) mass is 1330 g/mol. The Hall–Kier alpha value is -5.99. The number of allylic oxidation sites excluding steroid dienone is 1. The molecule has 528 valence electrons. The Balaban J connectivity index is 0.882. The lowest BCUT2D eigenvalue weighted by molar-refractivity contribution is -0.347. The number of esters is 4. The summed E-state index contributed by atoms with van der Waals surface area (Å²) < 4.78 is 56.2. The number of nitrogens with one attached hydrogen (secondary N) is 2. The highest BCUT2D eigenvalue weighted by molar-refractivity contribution is 5.94. The van der Waals surface area contributed by atoms with E-state index in [9.17, 15) is 29.1 Å². The SMILES string of the molecule is CO[C@H]1C(=O)[C@]2(C)[C@@H](OC)C[C@H]3OC[C@@]3(OC(C)=O)[C@H]2[C@H](OC(=O)c2ccccc2)[C@]2(O)C[C@H](OC(=O)C(OC(=O)CNC(=O)CCO[C@H]3CC[C@@]4(C)C(=CCC5C4CC[C@@]4(C)C5CC[C@@H]4[C@H](C)CCCC(C)C)C3)[C@@H](NC(=O)OC(C)(C)C)c3ccccc3)C(C)=C1C2(C)C. The first kappa shape index (κ1) is 72.7. The molecule has 5 saturated carbocycles. The van der Waals surface area contributed by atoms with Gasteiger partial charge in [0.2, 0.25) is 12.0 Å². The van der Waals surface area contributed by atoms with Crippen LogP contribution in [0.2, 0.25) is 0 Å². The molecule has 2 amide bonds. The molecule has 1 saturated heterocycles. The van der Waals surface area contributed by atoms with E-state index in [0.717, 1.165) is 49.4 Å². The number of amides is 2. The zero-order valence-electron chi connectivity index (χ0n) is 59.5. The zero-order valence-corrected chi connectivity index (χ0v) is 59.5. The number of hydrogen-bond acceptors (Lipinski definition) is 17. The second-order valence-corrected chi connectivity index (χ2v) is 32.0. The molecule has 2 bridgehead atoms. The summed E-state index contributed by atoms with van der Waals surface area (Å²) in [5.41, 5.74) is -5.41. The molecule has 19 heteroatoms. The third-order valence-corrected chi connectivity index (χ3v) is 24.6. The second kappa shape index (κ2) is 28.3. The van der Waals surface area contributed by atoms with Crippen LogP contribution in [0.4, 0.5) is 4.79 Å². The van der Waals surface area contributed by atoms with Crippen LogP contribution in [0.25, 0.3) is 0 Å². The van der Waals surface area contributed by atoms with E-state index in [2.05, 4.69) is 51.3 Å². The molecule has 0 spiro atoms. The van der Waals surface area contributed by atoms with Crippen molar-refractivity contribution in [1.29, 1.82) is 0 Å². The van der Waals surface area contributed by atoms with Crippen LogP contribution in [0.5, 0.6) is 0 Å². The number of Topliss-reactive ketones (excluding diaryl/α,β-unsaturated/α-hetero) is 1. The van der Waals surface area contributed by atoms with Crippen LogP contribution < -0.4 is 10.6 Å². The van der Waals surface area contributed by atoms with Gasteiger partial charge in [-0.15, -0.1) is 0 Å². The molecule has 7 aliphatic carbocycles. The van der Waals surface area contributed by atoms with Crippen molar-refractivity contribution in [2.75, 3.05) is 34.0 Å². The third-order valence-electron chi connectivity index (χ3n) is 24.6. The molecule has 3 N–H and O–H groups in total. The van der Waals surface area contributed by atoms with E-state index < -0.39 is 131 Å². The maximum Gasteiger partial charge on any atom is 0.408 e. The van der Waals surface area contributed by atoms with Crippen molar-refractivity contribution in [3.8, 4) is 0 Å². The lowest BCUT2D eigenvalue weighted by Crippen LogP contribution is -2.82. The Morgan fingerprint density at radius 2 is 1.54 bits per heavy atom. The average Bonchev–Trinajstić information content (AvgIpc) is 0.749. The Morgan fingerprint density at radius 1 is 0.844 bits per heavy atom. The van der Waals surface area contributed by atoms with Gasteiger partial charge in [-0.3, -0.25) is 19.2 Å². The van der Waals surface area contributed by atoms with Crippen LogP contribution in [0.15, 0.2) is 83.5 Å². The Morgan fingerprint density at radius 3 is 2.18 bits per heavy atom. The Kier molecular flexibility index (Phi) is 21.5. The summed E-state index contributed by atoms with van der Waals surface area (Å²) >= 11 is 0. The minimum absolute atomic E-state index is 0.0496. The van der Waals surface area contributed by atoms with E-state index in [-0.39, 0.29) is 54.3 Å². The lowest BCUT2D eigenvalue weighted by Gasteiger charge is -2.67. The molecule has 6 fully saturated rings. The largest absolute Gasteiger partial charge is 0.455 e. The molecular weight excluding hydrogens is 1220 g/mol. The number of carbonyl (C=O) groups excluding carboxylic acids is 7. The smallest absolute Gasteiger partial charge is 0.408 e. The topological polar surface area (TPSA) is 247 Å². The summed E-state index contributed by atoms with van der Waals surface area (Å²) in [7, 11) is 2.78. The number of ketones is 1. The summed E-state index contributed by atoms with van der Waals surface area (Å²) in [4.78, 5) is 102. The second-order valence-electron chi connectivity index (χ2n) is 32.0. The van der Waals surface area contributed by atoms with E-state index in [4.69, 9.17) is 42.6 Å². The van der Waals surface area contributed by atoms with Gasteiger partial charge in [-0.2, -0.15) is 0 Å². The van der Waals surface area contributed by atoms with Crippen molar-refractivity contribution < 1.29 is 81.3 Å². The van der Waals surface area contributed by atoms with Gasteiger partial charge in [-0.05, 0) is 161 Å². The van der Waals surface area contributed by atoms with Crippen LogP contribution in [0.3, 0.4) is 0 Å². The van der Waals surface area contributed by atoms with Crippen LogP contribution in [-0.4, -0.2) is 140 Å². The predicted molar refractivity (Wildman–Crippen MR) is 357 cm³/mol. The Labute approximate surface area is 568 Å². The number of fused-ring (bicyclic) bond motifs is 10. The van der Waals surface area contributed by atoms with Crippen molar-refractivity contribution >= 4 is 41.7 Å². The van der Waals surface area contributed by atoms with E-state index in [1.165, 1.54) is 83.8 Å². The van der Waals surface area contributed by atoms with Crippen LogP contribution in [-0.2, 0) is 66.6 Å². The van der Waals surface area contributed by atoms with Crippen molar-refractivity contribution in [2.45, 2.75) is 245 Å². The highest BCUT2D eigenvalue weighted by atomic mass is 16.6. The highest BCUT2D eigenvalue weighted by Gasteiger charge is 2.78. The minimum Gasteiger partial charge on any atom is -0.455 e. The summed E-state index contributed by atoms with van der Waals surface area (Å²) in [6.45, 7) is 24.4. The first-order valence-corrected chi connectivity index (χ1v) is 35.4. The molecule has 10 rings (SSSR count). The van der Waals surface area contributed by atoms with Gasteiger partial charge in [0.05, 0.1) is 42.3 Å². The molecule has 2 aromatic carbocycles. The van der Waals surface area contributed by atoms with E-state index in [1.807, 2.05) is 0 Å². The standard InChI is InChI=1S/C77H108N2O17/c1-44(2)23-22-24-45(3)53-31-32-54-52-30-29-50-39-51(33-36-73(50,11)55(52)34-37-74(53,54)12)90-38-35-59(81)78-42-60(82)93-64(62(48-25-18-16-19-26-48)79-70(86)96-71(6,7)8)69(85)92-56-41-77(87)67(94-68(84)49-27-20-17-21-28-49)65-75(13,66(83)63(89-15)61(46(56)4)72(77,9)10)57(88-14)40-58-76(65,43-91-58)95-47(5)80/h16-21,25-29,44-45,51-58,62-65,67,87H,22-24,30-43H2,1-15H3,(H,78,81)(H,79,86)/t45-,51+,52?,53-,54?,55?,56+,57+,58-,62+,63-,64?,65+,67+,73+,74-,75-,76+,77-/m1/s1. The number of benzene rings is 2. The van der Waals surface area contributed by atoms with Crippen molar-refractivity contribution in [3.05, 3.63) is 94.6 Å². The van der Waals surface area contributed by atoms with Crippen LogP contribution in [0, 0.1) is 63.1 Å². The van der Waals surface area contributed by atoms with Crippen molar-refractivity contribution in [3.63, 3.8) is 0 Å². The Bertz CT molecular complexity index is 3270. The molecule has 8 aliphatic rings. The van der Waals surface area contributed by atoms with Gasteiger partial charge >= 0.3 is 30.0 Å².